The summed E-state index contributed by atoms with van der Waals surface area (Å²) in [6.07, 6.45) is 1.23. The maximum atomic E-state index is 5.64. The Hall–Kier alpha value is -0.240. The standard InChI is InChI=1S/C15H33NO5/c1-4-18-7-5-6-16-14-15(2)21-13-12-20-11-10-19-9-8-17-3/h15-16H,4-14H2,1-3H3. The summed E-state index contributed by atoms with van der Waals surface area (Å²) in [4.78, 5) is 0. The molecule has 1 N–H and O–H groups in total. The molecule has 0 aromatic carbocycles. The summed E-state index contributed by atoms with van der Waals surface area (Å²) in [5, 5.41) is 3.35. The van der Waals surface area contributed by atoms with Crippen molar-refractivity contribution in [2.75, 3.05) is 73.1 Å². The molecule has 0 heterocycles. The van der Waals surface area contributed by atoms with E-state index >= 15 is 0 Å². The van der Waals surface area contributed by atoms with Gasteiger partial charge in [0.15, 0.2) is 0 Å². The Kier molecular flexibility index (Phi) is 17.6. The topological polar surface area (TPSA) is 58.2 Å². The first kappa shape index (κ1) is 20.8. The Morgan fingerprint density at radius 1 is 0.857 bits per heavy atom. The van der Waals surface area contributed by atoms with Gasteiger partial charge in [0, 0.05) is 26.9 Å². The van der Waals surface area contributed by atoms with Crippen molar-refractivity contribution < 1.29 is 23.7 Å². The normalized spacial score (nSPS) is 12.7. The van der Waals surface area contributed by atoms with Gasteiger partial charge in [-0.2, -0.15) is 0 Å². The van der Waals surface area contributed by atoms with Crippen molar-refractivity contribution >= 4 is 0 Å². The second-order valence-corrected chi connectivity index (χ2v) is 4.65. The van der Waals surface area contributed by atoms with Crippen molar-refractivity contribution in [3.05, 3.63) is 0 Å². The summed E-state index contributed by atoms with van der Waals surface area (Å²) in [6.45, 7) is 11.1. The fourth-order valence-corrected chi connectivity index (χ4v) is 1.58. The monoisotopic (exact) mass is 307 g/mol. The molecule has 0 radical (unpaired) electrons. The maximum Gasteiger partial charge on any atom is 0.0704 e. The van der Waals surface area contributed by atoms with Crippen molar-refractivity contribution in [1.29, 1.82) is 0 Å². The van der Waals surface area contributed by atoms with E-state index in [1.807, 2.05) is 6.92 Å². The number of methoxy groups -OCH3 is 1. The molecule has 0 saturated heterocycles. The average Bonchev–Trinajstić information content (AvgIpc) is 2.49. The fraction of sp³-hybridized carbons (Fsp3) is 1.00. The number of hydrogen-bond acceptors (Lipinski definition) is 6. The average molecular weight is 307 g/mol. The van der Waals surface area contributed by atoms with E-state index < -0.39 is 0 Å². The molecule has 0 aromatic rings. The van der Waals surface area contributed by atoms with Crippen LogP contribution in [-0.2, 0) is 23.7 Å². The van der Waals surface area contributed by atoms with Gasteiger partial charge in [0.25, 0.3) is 0 Å². The van der Waals surface area contributed by atoms with Crippen LogP contribution >= 0.6 is 0 Å². The minimum Gasteiger partial charge on any atom is -0.382 e. The zero-order valence-corrected chi connectivity index (χ0v) is 13.9. The molecule has 0 rings (SSSR count). The Morgan fingerprint density at radius 3 is 2.19 bits per heavy atom. The highest BCUT2D eigenvalue weighted by molar-refractivity contribution is 4.55. The molecule has 0 spiro atoms. The van der Waals surface area contributed by atoms with Gasteiger partial charge in [0.2, 0.25) is 0 Å². The minimum absolute atomic E-state index is 0.193. The van der Waals surface area contributed by atoms with Crippen molar-refractivity contribution in [3.8, 4) is 0 Å². The highest BCUT2D eigenvalue weighted by Gasteiger charge is 2.01. The van der Waals surface area contributed by atoms with Crippen LogP contribution in [0.3, 0.4) is 0 Å². The van der Waals surface area contributed by atoms with Crippen LogP contribution in [0.25, 0.3) is 0 Å². The summed E-state index contributed by atoms with van der Waals surface area (Å²) in [6, 6.07) is 0. The van der Waals surface area contributed by atoms with Crippen LogP contribution in [0, 0.1) is 0 Å². The lowest BCUT2D eigenvalue weighted by molar-refractivity contribution is -0.0116. The molecule has 0 bridgehead atoms. The highest BCUT2D eigenvalue weighted by atomic mass is 16.6. The van der Waals surface area contributed by atoms with Gasteiger partial charge in [0.05, 0.1) is 45.7 Å². The van der Waals surface area contributed by atoms with Crippen molar-refractivity contribution in [2.45, 2.75) is 26.4 Å². The largest absolute Gasteiger partial charge is 0.382 e. The Bertz CT molecular complexity index is 195. The minimum atomic E-state index is 0.193. The van der Waals surface area contributed by atoms with E-state index in [2.05, 4.69) is 12.2 Å². The van der Waals surface area contributed by atoms with Gasteiger partial charge in [-0.15, -0.1) is 0 Å². The smallest absolute Gasteiger partial charge is 0.0704 e. The maximum absolute atomic E-state index is 5.64. The molecule has 1 atom stereocenters. The van der Waals surface area contributed by atoms with Crippen LogP contribution in [0.2, 0.25) is 0 Å². The SMILES string of the molecule is CCOCCCNCC(C)OCCOCCOCCOC. The molecular weight excluding hydrogens is 274 g/mol. The van der Waals surface area contributed by atoms with Crippen LogP contribution in [0.5, 0.6) is 0 Å². The highest BCUT2D eigenvalue weighted by Crippen LogP contribution is 1.90. The van der Waals surface area contributed by atoms with Gasteiger partial charge in [-0.3, -0.25) is 0 Å². The molecule has 0 aromatic heterocycles. The van der Waals surface area contributed by atoms with Crippen molar-refractivity contribution in [3.63, 3.8) is 0 Å². The molecule has 1 unspecified atom stereocenters. The van der Waals surface area contributed by atoms with E-state index in [1.54, 1.807) is 7.11 Å². The molecule has 0 aliphatic heterocycles. The first-order valence-electron chi connectivity index (χ1n) is 7.85. The van der Waals surface area contributed by atoms with Gasteiger partial charge in [-0.1, -0.05) is 0 Å². The zero-order chi connectivity index (χ0) is 15.6. The van der Waals surface area contributed by atoms with Crippen LogP contribution < -0.4 is 5.32 Å². The van der Waals surface area contributed by atoms with Crippen LogP contribution in [0.1, 0.15) is 20.3 Å². The quantitative estimate of drug-likeness (QED) is 0.406. The number of ether oxygens (including phenoxy) is 5. The summed E-state index contributed by atoms with van der Waals surface area (Å²) in [5.41, 5.74) is 0. The predicted octanol–water partition coefficient (Wildman–Crippen LogP) is 1.09. The third kappa shape index (κ3) is 17.7. The van der Waals surface area contributed by atoms with Gasteiger partial charge >= 0.3 is 0 Å². The van der Waals surface area contributed by atoms with Gasteiger partial charge in [0.1, 0.15) is 0 Å². The van der Waals surface area contributed by atoms with Crippen LogP contribution in [0.15, 0.2) is 0 Å². The zero-order valence-electron chi connectivity index (χ0n) is 13.9. The Balaban J connectivity index is 3.10. The molecular formula is C15H33NO5. The van der Waals surface area contributed by atoms with E-state index in [-0.39, 0.29) is 6.10 Å². The molecule has 0 fully saturated rings. The van der Waals surface area contributed by atoms with Gasteiger partial charge < -0.3 is 29.0 Å². The number of rotatable bonds is 17. The van der Waals surface area contributed by atoms with Gasteiger partial charge in [-0.05, 0) is 26.8 Å². The summed E-state index contributed by atoms with van der Waals surface area (Å²) in [7, 11) is 1.66. The molecule has 0 saturated carbocycles. The molecule has 6 heteroatoms. The lowest BCUT2D eigenvalue weighted by atomic mass is 10.3. The third-order valence-corrected chi connectivity index (χ3v) is 2.71. The Morgan fingerprint density at radius 2 is 1.52 bits per heavy atom. The summed E-state index contributed by atoms with van der Waals surface area (Å²) < 4.78 is 26.5. The van der Waals surface area contributed by atoms with Crippen molar-refractivity contribution in [1.82, 2.24) is 5.32 Å². The van der Waals surface area contributed by atoms with E-state index in [9.17, 15) is 0 Å². The fourth-order valence-electron chi connectivity index (χ4n) is 1.58. The molecule has 0 amide bonds. The van der Waals surface area contributed by atoms with Gasteiger partial charge in [-0.25, -0.2) is 0 Å². The number of nitrogens with one attached hydrogen (secondary N) is 1. The lowest BCUT2D eigenvalue weighted by Crippen LogP contribution is -2.29. The van der Waals surface area contributed by atoms with E-state index in [4.69, 9.17) is 23.7 Å². The number of hydrogen-bond donors (Lipinski definition) is 1. The lowest BCUT2D eigenvalue weighted by Gasteiger charge is -2.14. The van der Waals surface area contributed by atoms with E-state index in [0.29, 0.717) is 39.6 Å². The van der Waals surface area contributed by atoms with Crippen LogP contribution in [-0.4, -0.2) is 79.2 Å². The molecule has 128 valence electrons. The second kappa shape index (κ2) is 17.8. The van der Waals surface area contributed by atoms with E-state index in [1.165, 1.54) is 0 Å². The second-order valence-electron chi connectivity index (χ2n) is 4.65. The first-order valence-corrected chi connectivity index (χ1v) is 7.85. The Labute approximate surface area is 129 Å². The predicted molar refractivity (Wildman–Crippen MR) is 82.9 cm³/mol. The molecule has 21 heavy (non-hydrogen) atoms. The molecule has 0 aliphatic carbocycles. The molecule has 0 aliphatic rings. The van der Waals surface area contributed by atoms with E-state index in [0.717, 1.165) is 32.7 Å². The summed E-state index contributed by atoms with van der Waals surface area (Å²) >= 11 is 0. The first-order chi connectivity index (χ1) is 10.3. The van der Waals surface area contributed by atoms with Crippen LogP contribution in [0.4, 0.5) is 0 Å². The summed E-state index contributed by atoms with van der Waals surface area (Å²) in [5.74, 6) is 0. The van der Waals surface area contributed by atoms with Crippen molar-refractivity contribution in [2.24, 2.45) is 0 Å². The molecule has 6 nitrogen and oxygen atoms in total. The third-order valence-electron chi connectivity index (χ3n) is 2.71.